The standard InChI is InChI=1S/C21H33F2NO2/c1-19(2,3)16(20(4,5)6)18(25)24-13-10-11-15(26-21(7,8)9)14(12-13)17(22)23/h10-12,16-17H,1-9H3,(H,24,25). The van der Waals surface area contributed by atoms with Crippen molar-refractivity contribution in [2.75, 3.05) is 5.32 Å². The van der Waals surface area contributed by atoms with Gasteiger partial charge in [0, 0.05) is 11.6 Å². The Bertz CT molecular complexity index is 621. The molecule has 1 aromatic carbocycles. The molecule has 148 valence electrons. The quantitative estimate of drug-likeness (QED) is 0.662. The SMILES string of the molecule is CC(C)(C)Oc1ccc(NC(=O)C(C(C)(C)C)C(C)(C)C)cc1C(F)F. The third-order valence-electron chi connectivity index (χ3n) is 3.92. The molecule has 0 aliphatic carbocycles. The third-order valence-corrected chi connectivity index (χ3v) is 3.92. The molecule has 0 aliphatic rings. The summed E-state index contributed by atoms with van der Waals surface area (Å²) in [6.45, 7) is 17.4. The van der Waals surface area contributed by atoms with Gasteiger partial charge in [-0.3, -0.25) is 4.79 Å². The number of benzene rings is 1. The minimum atomic E-state index is -2.69. The lowest BCUT2D eigenvalue weighted by Gasteiger charge is -2.39. The Kier molecular flexibility index (Phi) is 6.49. The van der Waals surface area contributed by atoms with E-state index in [0.717, 1.165) is 0 Å². The highest BCUT2D eigenvalue weighted by Crippen LogP contribution is 2.41. The molecule has 1 aromatic rings. The molecule has 0 unspecified atom stereocenters. The fourth-order valence-corrected chi connectivity index (χ4v) is 3.52. The first-order valence-corrected chi connectivity index (χ1v) is 8.94. The summed E-state index contributed by atoms with van der Waals surface area (Å²) in [5.41, 5.74) is -0.976. The number of carbonyl (C=O) groups is 1. The zero-order valence-corrected chi connectivity index (χ0v) is 17.5. The zero-order valence-electron chi connectivity index (χ0n) is 17.5. The normalized spacial score (nSPS) is 13.3. The molecule has 0 saturated carbocycles. The number of nitrogens with one attached hydrogen (secondary N) is 1. The van der Waals surface area contributed by atoms with Gasteiger partial charge in [0.2, 0.25) is 5.91 Å². The van der Waals surface area contributed by atoms with Gasteiger partial charge in [0.1, 0.15) is 11.4 Å². The summed E-state index contributed by atoms with van der Waals surface area (Å²) in [6, 6.07) is 4.39. The maximum atomic E-state index is 13.5. The Balaban J connectivity index is 3.17. The van der Waals surface area contributed by atoms with Gasteiger partial charge in [-0.1, -0.05) is 41.5 Å². The molecule has 3 nitrogen and oxygen atoms in total. The highest BCUT2D eigenvalue weighted by molar-refractivity contribution is 5.93. The Morgan fingerprint density at radius 3 is 1.85 bits per heavy atom. The lowest BCUT2D eigenvalue weighted by molar-refractivity contribution is -0.127. The molecule has 5 heteroatoms. The van der Waals surface area contributed by atoms with Crippen molar-refractivity contribution in [3.63, 3.8) is 0 Å². The van der Waals surface area contributed by atoms with E-state index in [-0.39, 0.29) is 34.0 Å². The number of hydrogen-bond acceptors (Lipinski definition) is 2. The molecule has 0 aliphatic heterocycles. The van der Waals surface area contributed by atoms with Crippen LogP contribution in [0.1, 0.15) is 74.3 Å². The number of carbonyl (C=O) groups excluding carboxylic acids is 1. The summed E-state index contributed by atoms with van der Waals surface area (Å²) in [6.07, 6.45) is -2.69. The summed E-state index contributed by atoms with van der Waals surface area (Å²) in [5.74, 6) is -0.320. The molecule has 26 heavy (non-hydrogen) atoms. The molecule has 0 atom stereocenters. The topological polar surface area (TPSA) is 38.3 Å². The van der Waals surface area contributed by atoms with Crippen LogP contribution in [0, 0.1) is 16.7 Å². The monoisotopic (exact) mass is 369 g/mol. The summed E-state index contributed by atoms with van der Waals surface area (Å²) in [5, 5.41) is 2.81. The van der Waals surface area contributed by atoms with Gasteiger partial charge in [-0.15, -0.1) is 0 Å². The number of halogens is 2. The Hall–Kier alpha value is -1.65. The number of amides is 1. The maximum Gasteiger partial charge on any atom is 0.267 e. The second-order valence-corrected chi connectivity index (χ2v) is 9.92. The van der Waals surface area contributed by atoms with Crippen molar-refractivity contribution in [1.29, 1.82) is 0 Å². The van der Waals surface area contributed by atoms with E-state index in [2.05, 4.69) is 5.32 Å². The third kappa shape index (κ3) is 6.26. The number of alkyl halides is 2. The average molecular weight is 369 g/mol. The predicted octanol–water partition coefficient (Wildman–Crippen LogP) is 6.45. The van der Waals surface area contributed by atoms with Gasteiger partial charge in [0.05, 0.1) is 5.56 Å². The Morgan fingerprint density at radius 2 is 1.46 bits per heavy atom. The second kappa shape index (κ2) is 7.53. The lowest BCUT2D eigenvalue weighted by Crippen LogP contribution is -2.42. The van der Waals surface area contributed by atoms with E-state index >= 15 is 0 Å². The minimum absolute atomic E-state index is 0.133. The van der Waals surface area contributed by atoms with Crippen LogP contribution in [0.15, 0.2) is 18.2 Å². The minimum Gasteiger partial charge on any atom is -0.488 e. The summed E-state index contributed by atoms with van der Waals surface area (Å²) in [7, 11) is 0. The summed E-state index contributed by atoms with van der Waals surface area (Å²) < 4.78 is 32.5. The van der Waals surface area contributed by atoms with E-state index in [0.29, 0.717) is 5.69 Å². The highest BCUT2D eigenvalue weighted by atomic mass is 19.3. The van der Waals surface area contributed by atoms with E-state index in [1.165, 1.54) is 12.1 Å². The van der Waals surface area contributed by atoms with Crippen molar-refractivity contribution in [3.05, 3.63) is 23.8 Å². The van der Waals surface area contributed by atoms with E-state index in [4.69, 9.17) is 4.74 Å². The van der Waals surface area contributed by atoms with Crippen LogP contribution in [0.25, 0.3) is 0 Å². The first-order chi connectivity index (χ1) is 11.5. The number of ether oxygens (including phenoxy) is 1. The molecule has 1 amide bonds. The Labute approximate surface area is 156 Å². The van der Waals surface area contributed by atoms with Crippen molar-refractivity contribution in [2.24, 2.45) is 16.7 Å². The molecule has 0 bridgehead atoms. The van der Waals surface area contributed by atoms with Crippen LogP contribution in [0.4, 0.5) is 14.5 Å². The summed E-state index contributed by atoms with van der Waals surface area (Å²) >= 11 is 0. The molecule has 0 aromatic heterocycles. The van der Waals surface area contributed by atoms with Crippen LogP contribution >= 0.6 is 0 Å². The lowest BCUT2D eigenvalue weighted by atomic mass is 9.66. The highest BCUT2D eigenvalue weighted by Gasteiger charge is 2.40. The molecule has 0 spiro atoms. The van der Waals surface area contributed by atoms with Crippen molar-refractivity contribution < 1.29 is 18.3 Å². The molecule has 0 radical (unpaired) electrons. The first kappa shape index (κ1) is 22.4. The van der Waals surface area contributed by atoms with Gasteiger partial charge in [-0.2, -0.15) is 0 Å². The maximum absolute atomic E-state index is 13.5. The molecule has 1 rings (SSSR count). The molecule has 0 saturated heterocycles. The second-order valence-electron chi connectivity index (χ2n) is 9.92. The van der Waals surface area contributed by atoms with Crippen molar-refractivity contribution in [1.82, 2.24) is 0 Å². The van der Waals surface area contributed by atoms with E-state index in [9.17, 15) is 13.6 Å². The van der Waals surface area contributed by atoms with Crippen LogP contribution in [-0.4, -0.2) is 11.5 Å². The average Bonchev–Trinajstić information content (AvgIpc) is 2.34. The van der Waals surface area contributed by atoms with E-state index in [1.807, 2.05) is 41.5 Å². The van der Waals surface area contributed by atoms with E-state index < -0.39 is 12.0 Å². The van der Waals surface area contributed by atoms with E-state index in [1.54, 1.807) is 26.8 Å². The Morgan fingerprint density at radius 1 is 0.962 bits per heavy atom. The fourth-order valence-electron chi connectivity index (χ4n) is 3.52. The number of hydrogen-bond donors (Lipinski definition) is 1. The van der Waals surface area contributed by atoms with Gasteiger partial charge in [0.25, 0.3) is 6.43 Å². The van der Waals surface area contributed by atoms with Gasteiger partial charge in [0.15, 0.2) is 0 Å². The zero-order chi connectivity index (χ0) is 20.5. The molecule has 0 heterocycles. The van der Waals surface area contributed by atoms with Crippen molar-refractivity contribution in [2.45, 2.75) is 74.3 Å². The molecular weight excluding hydrogens is 336 g/mol. The molecular formula is C21H33F2NO2. The van der Waals surface area contributed by atoms with Crippen molar-refractivity contribution >= 4 is 11.6 Å². The summed E-state index contributed by atoms with van der Waals surface area (Å²) in [4.78, 5) is 12.9. The predicted molar refractivity (Wildman–Crippen MR) is 103 cm³/mol. The van der Waals surface area contributed by atoms with Crippen LogP contribution in [0.3, 0.4) is 0 Å². The van der Waals surface area contributed by atoms with Crippen LogP contribution in [-0.2, 0) is 4.79 Å². The number of anilines is 1. The van der Waals surface area contributed by atoms with Crippen LogP contribution < -0.4 is 10.1 Å². The van der Waals surface area contributed by atoms with Gasteiger partial charge in [-0.25, -0.2) is 8.78 Å². The van der Waals surface area contributed by atoms with Gasteiger partial charge < -0.3 is 10.1 Å². The molecule has 0 fully saturated rings. The van der Waals surface area contributed by atoms with Crippen molar-refractivity contribution in [3.8, 4) is 5.75 Å². The van der Waals surface area contributed by atoms with Crippen LogP contribution in [0.5, 0.6) is 5.75 Å². The smallest absolute Gasteiger partial charge is 0.267 e. The fraction of sp³-hybridized carbons (Fsp3) is 0.667. The van der Waals surface area contributed by atoms with Crippen LogP contribution in [0.2, 0.25) is 0 Å². The van der Waals surface area contributed by atoms with Gasteiger partial charge >= 0.3 is 0 Å². The largest absolute Gasteiger partial charge is 0.488 e. The molecule has 1 N–H and O–H groups in total. The number of rotatable bonds is 4. The van der Waals surface area contributed by atoms with Gasteiger partial charge in [-0.05, 0) is 49.8 Å². The first-order valence-electron chi connectivity index (χ1n) is 8.94.